The summed E-state index contributed by atoms with van der Waals surface area (Å²) in [5.41, 5.74) is 2.05. The molecule has 1 aromatic carbocycles. The molecule has 1 unspecified atom stereocenters. The van der Waals surface area contributed by atoms with E-state index in [4.69, 9.17) is 0 Å². The monoisotopic (exact) mass is 381 g/mol. The van der Waals surface area contributed by atoms with Crippen LogP contribution in [0.2, 0.25) is 0 Å². The minimum Gasteiger partial charge on any atom is -0.301 e. The summed E-state index contributed by atoms with van der Waals surface area (Å²) in [4.78, 5) is 19.2. The molecule has 1 aromatic heterocycles. The summed E-state index contributed by atoms with van der Waals surface area (Å²) in [7, 11) is 4.01. The second kappa shape index (κ2) is 9.68. The van der Waals surface area contributed by atoms with Crippen LogP contribution in [0, 0.1) is 17.8 Å². The molecule has 2 aromatic rings. The van der Waals surface area contributed by atoms with Gasteiger partial charge in [0.15, 0.2) is 5.13 Å². The van der Waals surface area contributed by atoms with Crippen LogP contribution in [0.25, 0.3) is 0 Å². The van der Waals surface area contributed by atoms with Gasteiger partial charge < -0.3 is 5.32 Å². The molecule has 1 saturated carbocycles. The quantitative estimate of drug-likeness (QED) is 0.756. The molecule has 1 aliphatic rings. The van der Waals surface area contributed by atoms with Crippen LogP contribution in [-0.2, 0) is 4.79 Å². The van der Waals surface area contributed by atoms with E-state index >= 15 is 0 Å². The lowest BCUT2D eigenvalue weighted by Gasteiger charge is -2.20. The minimum absolute atomic E-state index is 0.0447. The highest BCUT2D eigenvalue weighted by Crippen LogP contribution is 2.35. The smallest absolute Gasteiger partial charge is 0.233 e. The largest absolute Gasteiger partial charge is 0.301 e. The van der Waals surface area contributed by atoms with E-state index < -0.39 is 0 Å². The number of hydrogen-bond donors (Lipinski definition) is 1. The average molecular weight is 382 g/mol. The Morgan fingerprint density at radius 3 is 2.67 bits per heavy atom. The molecule has 4 nitrogen and oxygen atoms in total. The fraction of sp³-hybridized carbons (Fsp3) is 0.455. The molecule has 1 atom stereocenters. The second-order valence-corrected chi connectivity index (χ2v) is 8.32. The number of benzene rings is 1. The Bertz CT molecular complexity index is 781. The summed E-state index contributed by atoms with van der Waals surface area (Å²) in [5, 5.41) is 5.54. The van der Waals surface area contributed by atoms with Crippen molar-refractivity contribution in [2.45, 2.75) is 38.0 Å². The van der Waals surface area contributed by atoms with Crippen molar-refractivity contribution in [1.29, 1.82) is 0 Å². The molecular formula is C22H27N3OS. The molecule has 1 fully saturated rings. The number of amides is 1. The first-order chi connectivity index (χ1) is 13.1. The molecule has 0 spiro atoms. The summed E-state index contributed by atoms with van der Waals surface area (Å²) in [6.07, 6.45) is 7.65. The van der Waals surface area contributed by atoms with Gasteiger partial charge in [-0.2, -0.15) is 0 Å². The third-order valence-electron chi connectivity index (χ3n) is 4.96. The van der Waals surface area contributed by atoms with E-state index in [1.165, 1.54) is 37.0 Å². The normalized spacial score (nSPS) is 15.4. The van der Waals surface area contributed by atoms with E-state index in [2.05, 4.69) is 34.3 Å². The number of hydrogen-bond acceptors (Lipinski definition) is 4. The molecule has 0 radical (unpaired) electrons. The van der Waals surface area contributed by atoms with E-state index in [0.29, 0.717) is 11.0 Å². The van der Waals surface area contributed by atoms with Crippen molar-refractivity contribution in [2.24, 2.45) is 5.92 Å². The molecule has 1 amide bonds. The van der Waals surface area contributed by atoms with Gasteiger partial charge in [-0.3, -0.25) is 9.69 Å². The van der Waals surface area contributed by atoms with Gasteiger partial charge in [0.25, 0.3) is 0 Å². The van der Waals surface area contributed by atoms with Crippen molar-refractivity contribution in [1.82, 2.24) is 9.88 Å². The van der Waals surface area contributed by atoms with Crippen molar-refractivity contribution in [2.75, 3.05) is 26.0 Å². The standard InChI is InChI=1S/C22H27N3OS/c1-25(2)14-5-8-17-9-11-19(12-10-17)20(16-18-6-3-4-7-18)21(26)24-22-23-13-15-27-22/h9-13,15,18,20H,3-4,6-7,14,16H2,1-2H3,(H,23,24,26). The molecule has 5 heteroatoms. The Morgan fingerprint density at radius 2 is 2.04 bits per heavy atom. The summed E-state index contributed by atoms with van der Waals surface area (Å²) >= 11 is 1.46. The van der Waals surface area contributed by atoms with Crippen LogP contribution in [0.1, 0.15) is 49.1 Å². The molecule has 3 rings (SSSR count). The molecule has 1 heterocycles. The van der Waals surface area contributed by atoms with Gasteiger partial charge in [0.05, 0.1) is 12.5 Å². The zero-order chi connectivity index (χ0) is 19.1. The van der Waals surface area contributed by atoms with Crippen LogP contribution < -0.4 is 5.32 Å². The van der Waals surface area contributed by atoms with Crippen molar-refractivity contribution in [3.05, 3.63) is 47.0 Å². The van der Waals surface area contributed by atoms with Crippen LogP contribution >= 0.6 is 11.3 Å². The predicted molar refractivity (Wildman–Crippen MR) is 112 cm³/mol. The van der Waals surface area contributed by atoms with Crippen molar-refractivity contribution < 1.29 is 4.79 Å². The Kier molecular flexibility index (Phi) is 7.03. The number of carbonyl (C=O) groups excluding carboxylic acids is 1. The van der Waals surface area contributed by atoms with Gasteiger partial charge >= 0.3 is 0 Å². The molecular weight excluding hydrogens is 354 g/mol. The Morgan fingerprint density at radius 1 is 1.30 bits per heavy atom. The number of rotatable bonds is 6. The predicted octanol–water partition coefficient (Wildman–Crippen LogP) is 4.36. The zero-order valence-corrected chi connectivity index (χ0v) is 16.9. The zero-order valence-electron chi connectivity index (χ0n) is 16.1. The van der Waals surface area contributed by atoms with Crippen molar-refractivity contribution in [3.63, 3.8) is 0 Å². The number of aromatic nitrogens is 1. The first kappa shape index (κ1) is 19.6. The van der Waals surface area contributed by atoms with Gasteiger partial charge in [0, 0.05) is 17.1 Å². The van der Waals surface area contributed by atoms with Gasteiger partial charge in [-0.15, -0.1) is 11.3 Å². The number of nitrogens with one attached hydrogen (secondary N) is 1. The lowest BCUT2D eigenvalue weighted by Crippen LogP contribution is -2.23. The van der Waals surface area contributed by atoms with Gasteiger partial charge in [-0.25, -0.2) is 4.98 Å². The van der Waals surface area contributed by atoms with Gasteiger partial charge in [0.2, 0.25) is 5.91 Å². The number of nitrogens with zero attached hydrogens (tertiary/aromatic N) is 2. The van der Waals surface area contributed by atoms with E-state index in [0.717, 1.165) is 24.1 Å². The Balaban J connectivity index is 1.74. The lowest BCUT2D eigenvalue weighted by atomic mass is 9.87. The summed E-state index contributed by atoms with van der Waals surface area (Å²) in [5.74, 6) is 6.87. The van der Waals surface area contributed by atoms with Crippen LogP contribution in [0.5, 0.6) is 0 Å². The molecule has 1 aliphatic carbocycles. The highest BCUT2D eigenvalue weighted by atomic mass is 32.1. The van der Waals surface area contributed by atoms with E-state index in [-0.39, 0.29) is 11.8 Å². The summed E-state index contributed by atoms with van der Waals surface area (Å²) in [6.45, 7) is 0.738. The van der Waals surface area contributed by atoms with Crippen LogP contribution in [0.3, 0.4) is 0 Å². The number of thiazole rings is 1. The van der Waals surface area contributed by atoms with E-state index in [1.54, 1.807) is 6.20 Å². The maximum absolute atomic E-state index is 13.0. The molecule has 0 aliphatic heterocycles. The molecule has 0 saturated heterocycles. The van der Waals surface area contributed by atoms with Gasteiger partial charge in [0.1, 0.15) is 0 Å². The second-order valence-electron chi connectivity index (χ2n) is 7.43. The van der Waals surface area contributed by atoms with Crippen molar-refractivity contribution >= 4 is 22.4 Å². The molecule has 27 heavy (non-hydrogen) atoms. The minimum atomic E-state index is -0.138. The van der Waals surface area contributed by atoms with E-state index in [9.17, 15) is 4.79 Å². The maximum Gasteiger partial charge on any atom is 0.233 e. The molecule has 0 bridgehead atoms. The maximum atomic E-state index is 13.0. The van der Waals surface area contributed by atoms with Gasteiger partial charge in [-0.05, 0) is 44.1 Å². The summed E-state index contributed by atoms with van der Waals surface area (Å²) < 4.78 is 0. The SMILES string of the molecule is CN(C)CC#Cc1ccc(C(CC2CCCC2)C(=O)Nc2nccs2)cc1. The van der Waals surface area contributed by atoms with Gasteiger partial charge in [-0.1, -0.05) is 49.7 Å². The fourth-order valence-electron chi connectivity index (χ4n) is 3.55. The first-order valence-corrected chi connectivity index (χ1v) is 10.4. The van der Waals surface area contributed by atoms with Crippen molar-refractivity contribution in [3.8, 4) is 11.8 Å². The fourth-order valence-corrected chi connectivity index (χ4v) is 4.08. The summed E-state index contributed by atoms with van der Waals surface area (Å²) in [6, 6.07) is 8.16. The molecule has 1 N–H and O–H groups in total. The van der Waals surface area contributed by atoms with Crippen LogP contribution in [0.15, 0.2) is 35.8 Å². The lowest BCUT2D eigenvalue weighted by molar-refractivity contribution is -0.118. The Labute approximate surface area is 166 Å². The first-order valence-electron chi connectivity index (χ1n) is 9.56. The van der Waals surface area contributed by atoms with E-state index in [1.807, 2.05) is 36.5 Å². The average Bonchev–Trinajstić information content (AvgIpc) is 3.34. The third kappa shape index (κ3) is 5.92. The van der Waals surface area contributed by atoms with Crippen LogP contribution in [-0.4, -0.2) is 36.4 Å². The number of carbonyl (C=O) groups is 1. The third-order valence-corrected chi connectivity index (χ3v) is 5.65. The molecule has 142 valence electrons. The van der Waals surface area contributed by atoms with Crippen LogP contribution in [0.4, 0.5) is 5.13 Å². The topological polar surface area (TPSA) is 45.2 Å². The number of anilines is 1. The highest BCUT2D eigenvalue weighted by molar-refractivity contribution is 7.13. The highest BCUT2D eigenvalue weighted by Gasteiger charge is 2.27. The Hall–Kier alpha value is -2.16.